The monoisotopic (exact) mass is 229 g/mol. The Morgan fingerprint density at radius 1 is 1.40 bits per heavy atom. The summed E-state index contributed by atoms with van der Waals surface area (Å²) in [5, 5.41) is 10.2. The summed E-state index contributed by atoms with van der Waals surface area (Å²) in [6.45, 7) is 0. The highest BCUT2D eigenvalue weighted by atomic mass is 31.2. The quantitative estimate of drug-likeness (QED) is 0.328. The number of nitro benzene ring substituents is 1. The SMILES string of the molecule is NP(N)(=O)c1cc([N+](=O)[O-])ccc1C=O. The molecular formula is C7H8N3O4P. The summed E-state index contributed by atoms with van der Waals surface area (Å²) in [5.74, 6) is 0. The van der Waals surface area contributed by atoms with Crippen molar-refractivity contribution < 1.29 is 14.3 Å². The van der Waals surface area contributed by atoms with Crippen LogP contribution in [0.1, 0.15) is 10.4 Å². The van der Waals surface area contributed by atoms with Crippen LogP contribution < -0.4 is 16.3 Å². The highest BCUT2D eigenvalue weighted by Gasteiger charge is 2.20. The third kappa shape index (κ3) is 2.47. The minimum Gasteiger partial charge on any atom is -0.298 e. The maximum Gasteiger partial charge on any atom is 0.270 e. The Bertz CT molecular complexity index is 467. The molecule has 1 aromatic carbocycles. The van der Waals surface area contributed by atoms with Crippen molar-refractivity contribution in [1.29, 1.82) is 0 Å². The van der Waals surface area contributed by atoms with E-state index in [0.717, 1.165) is 18.2 Å². The lowest BCUT2D eigenvalue weighted by atomic mass is 10.2. The smallest absolute Gasteiger partial charge is 0.270 e. The molecule has 0 unspecified atom stereocenters. The predicted octanol–water partition coefficient (Wildman–Crippen LogP) is 0.143. The average Bonchev–Trinajstić information content (AvgIpc) is 2.15. The maximum atomic E-state index is 11.3. The molecule has 7 nitrogen and oxygen atoms in total. The molecule has 0 saturated heterocycles. The van der Waals surface area contributed by atoms with E-state index >= 15 is 0 Å². The third-order valence-corrected chi connectivity index (χ3v) is 2.87. The summed E-state index contributed by atoms with van der Waals surface area (Å²) in [4.78, 5) is 20.3. The van der Waals surface area contributed by atoms with Gasteiger partial charge < -0.3 is 0 Å². The van der Waals surface area contributed by atoms with Crippen LogP contribution in [0.25, 0.3) is 0 Å². The Morgan fingerprint density at radius 2 is 2.00 bits per heavy atom. The van der Waals surface area contributed by atoms with E-state index in [0.29, 0.717) is 6.29 Å². The van der Waals surface area contributed by atoms with Gasteiger partial charge in [0.05, 0.1) is 10.2 Å². The zero-order valence-corrected chi connectivity index (χ0v) is 8.39. The molecule has 0 amide bonds. The van der Waals surface area contributed by atoms with Crippen LogP contribution in [0.2, 0.25) is 0 Å². The number of nitro groups is 1. The van der Waals surface area contributed by atoms with Crippen LogP contribution in [0.5, 0.6) is 0 Å². The lowest BCUT2D eigenvalue weighted by molar-refractivity contribution is -0.384. The van der Waals surface area contributed by atoms with Gasteiger partial charge in [0.2, 0.25) is 7.44 Å². The van der Waals surface area contributed by atoms with E-state index < -0.39 is 12.4 Å². The average molecular weight is 229 g/mol. The van der Waals surface area contributed by atoms with E-state index in [1.165, 1.54) is 0 Å². The van der Waals surface area contributed by atoms with Gasteiger partial charge in [0, 0.05) is 17.7 Å². The fourth-order valence-electron chi connectivity index (χ4n) is 1.05. The lowest BCUT2D eigenvalue weighted by Gasteiger charge is -2.08. The minimum atomic E-state index is -3.67. The van der Waals surface area contributed by atoms with Crippen molar-refractivity contribution >= 4 is 24.7 Å². The van der Waals surface area contributed by atoms with Crippen molar-refractivity contribution in [3.05, 3.63) is 33.9 Å². The molecule has 0 radical (unpaired) electrons. The summed E-state index contributed by atoms with van der Waals surface area (Å²) < 4.78 is 11.3. The van der Waals surface area contributed by atoms with Gasteiger partial charge in [-0.05, 0) is 6.07 Å². The van der Waals surface area contributed by atoms with Gasteiger partial charge in [0.15, 0.2) is 6.29 Å². The highest BCUT2D eigenvalue weighted by molar-refractivity contribution is 7.67. The van der Waals surface area contributed by atoms with Crippen LogP contribution in [0.3, 0.4) is 0 Å². The minimum absolute atomic E-state index is 0.00562. The maximum absolute atomic E-state index is 11.3. The molecule has 0 aliphatic heterocycles. The number of carbonyl (C=O) groups is 1. The molecule has 8 heteroatoms. The Kier molecular flexibility index (Phi) is 2.99. The van der Waals surface area contributed by atoms with Crippen LogP contribution >= 0.6 is 7.44 Å². The first-order valence-corrected chi connectivity index (χ1v) is 5.62. The molecule has 0 aromatic heterocycles. The molecular weight excluding hydrogens is 221 g/mol. The van der Waals surface area contributed by atoms with Crippen molar-refractivity contribution in [2.45, 2.75) is 0 Å². The number of rotatable bonds is 3. The first-order valence-electron chi connectivity index (χ1n) is 3.77. The van der Waals surface area contributed by atoms with E-state index in [1.807, 2.05) is 0 Å². The second-order valence-electron chi connectivity index (χ2n) is 2.83. The van der Waals surface area contributed by atoms with Crippen molar-refractivity contribution in [3.63, 3.8) is 0 Å². The van der Waals surface area contributed by atoms with E-state index in [1.54, 1.807) is 0 Å². The number of aldehydes is 1. The molecule has 1 rings (SSSR count). The number of nitrogens with two attached hydrogens (primary N) is 2. The molecule has 0 fully saturated rings. The fraction of sp³-hybridized carbons (Fsp3) is 0. The van der Waals surface area contributed by atoms with Crippen molar-refractivity contribution in [1.82, 2.24) is 0 Å². The summed E-state index contributed by atoms with van der Waals surface area (Å²) in [6, 6.07) is 3.22. The summed E-state index contributed by atoms with van der Waals surface area (Å²) in [7, 11) is -3.67. The van der Waals surface area contributed by atoms with Gasteiger partial charge in [0.1, 0.15) is 0 Å². The van der Waals surface area contributed by atoms with Gasteiger partial charge in [-0.15, -0.1) is 0 Å². The molecule has 0 spiro atoms. The highest BCUT2D eigenvalue weighted by Crippen LogP contribution is 2.27. The second kappa shape index (κ2) is 3.90. The normalized spacial score (nSPS) is 11.1. The van der Waals surface area contributed by atoms with Crippen LogP contribution in [-0.4, -0.2) is 11.2 Å². The topological polar surface area (TPSA) is 129 Å². The summed E-state index contributed by atoms with van der Waals surface area (Å²) in [6.07, 6.45) is 0.394. The van der Waals surface area contributed by atoms with Gasteiger partial charge in [-0.25, -0.2) is 0 Å². The van der Waals surface area contributed by atoms with Crippen molar-refractivity contribution in [2.75, 3.05) is 0 Å². The molecule has 4 N–H and O–H groups in total. The molecule has 0 aliphatic rings. The fourth-order valence-corrected chi connectivity index (χ4v) is 1.91. The number of nitrogens with zero attached hydrogens (tertiary/aromatic N) is 1. The van der Waals surface area contributed by atoms with Gasteiger partial charge in [0.25, 0.3) is 5.69 Å². The second-order valence-corrected chi connectivity index (χ2v) is 4.73. The molecule has 0 aliphatic carbocycles. The van der Waals surface area contributed by atoms with Crippen molar-refractivity contribution in [3.8, 4) is 0 Å². The first kappa shape index (κ1) is 11.5. The first-order chi connectivity index (χ1) is 6.86. The molecule has 15 heavy (non-hydrogen) atoms. The Balaban J connectivity index is 3.45. The van der Waals surface area contributed by atoms with E-state index in [9.17, 15) is 19.5 Å². The van der Waals surface area contributed by atoms with Crippen molar-refractivity contribution in [2.24, 2.45) is 11.0 Å². The van der Waals surface area contributed by atoms with Gasteiger partial charge >= 0.3 is 0 Å². The third-order valence-electron chi connectivity index (χ3n) is 1.73. The number of non-ortho nitro benzene ring substituents is 1. The van der Waals surface area contributed by atoms with Gasteiger partial charge in [-0.1, -0.05) is 0 Å². The number of carbonyl (C=O) groups excluding carboxylic acids is 1. The zero-order valence-electron chi connectivity index (χ0n) is 7.49. The van der Waals surface area contributed by atoms with Gasteiger partial charge in [-0.3, -0.25) is 30.5 Å². The van der Waals surface area contributed by atoms with E-state index in [-0.39, 0.29) is 16.6 Å². The van der Waals surface area contributed by atoms with Gasteiger partial charge in [-0.2, -0.15) is 0 Å². The largest absolute Gasteiger partial charge is 0.298 e. The van der Waals surface area contributed by atoms with Crippen LogP contribution in [0, 0.1) is 10.1 Å². The standard InChI is InChI=1S/C7H8N3O4P/c8-15(9,14)7-3-6(10(12)13)2-1-5(7)4-11/h1-4H,(H4,8,9,14). The zero-order chi connectivity index (χ0) is 11.6. The molecule has 0 saturated carbocycles. The number of benzene rings is 1. The van der Waals surface area contributed by atoms with E-state index in [4.69, 9.17) is 11.0 Å². The summed E-state index contributed by atoms with van der Waals surface area (Å²) in [5.41, 5.74) is 9.99. The predicted molar refractivity (Wildman–Crippen MR) is 54.1 cm³/mol. The summed E-state index contributed by atoms with van der Waals surface area (Å²) >= 11 is 0. The molecule has 0 bridgehead atoms. The van der Waals surface area contributed by atoms with Crippen LogP contribution in [0.15, 0.2) is 18.2 Å². The Morgan fingerprint density at radius 3 is 2.40 bits per heavy atom. The molecule has 1 aromatic rings. The number of hydrogen-bond acceptors (Lipinski definition) is 4. The molecule has 0 atom stereocenters. The Hall–Kier alpha value is -1.56. The van der Waals surface area contributed by atoms with Crippen LogP contribution in [-0.2, 0) is 4.57 Å². The molecule has 80 valence electrons. The molecule has 0 heterocycles. The van der Waals surface area contributed by atoms with Crippen LogP contribution in [0.4, 0.5) is 5.69 Å². The number of hydrogen-bond donors (Lipinski definition) is 2. The Labute approximate surface area is 84.7 Å². The van der Waals surface area contributed by atoms with E-state index in [2.05, 4.69) is 0 Å². The lowest BCUT2D eigenvalue weighted by Crippen LogP contribution is -2.22.